The maximum absolute atomic E-state index is 12.6. The van der Waals surface area contributed by atoms with Gasteiger partial charge in [0.2, 0.25) is 5.91 Å². The van der Waals surface area contributed by atoms with Crippen molar-refractivity contribution in [1.29, 1.82) is 0 Å². The number of amides is 1. The lowest BCUT2D eigenvalue weighted by Gasteiger charge is -2.16. The van der Waals surface area contributed by atoms with Gasteiger partial charge in [-0.3, -0.25) is 4.79 Å². The summed E-state index contributed by atoms with van der Waals surface area (Å²) in [6, 6.07) is 9.68. The smallest absolute Gasteiger partial charge is 0.230 e. The zero-order valence-electron chi connectivity index (χ0n) is 13.7. The SMILES string of the molecule is C[C@@H]1CN(c2ccccn2)C[C@H]1C(=O)Nc1ccc(C2CC2)nn1. The van der Waals surface area contributed by atoms with E-state index in [0.29, 0.717) is 18.3 Å². The Morgan fingerprint density at radius 2 is 2.04 bits per heavy atom. The van der Waals surface area contributed by atoms with Crippen molar-refractivity contribution in [2.45, 2.75) is 25.7 Å². The third-order valence-electron chi connectivity index (χ3n) is 4.85. The van der Waals surface area contributed by atoms with Crippen LogP contribution in [-0.2, 0) is 4.79 Å². The molecule has 6 nitrogen and oxygen atoms in total. The number of rotatable bonds is 4. The first-order valence-electron chi connectivity index (χ1n) is 8.51. The van der Waals surface area contributed by atoms with Crippen molar-refractivity contribution in [2.24, 2.45) is 11.8 Å². The van der Waals surface area contributed by atoms with E-state index >= 15 is 0 Å². The topological polar surface area (TPSA) is 71.0 Å². The van der Waals surface area contributed by atoms with Crippen LogP contribution in [0.5, 0.6) is 0 Å². The number of nitrogens with zero attached hydrogens (tertiary/aromatic N) is 4. The fourth-order valence-corrected chi connectivity index (χ4v) is 3.26. The molecule has 1 N–H and O–H groups in total. The Labute approximate surface area is 141 Å². The molecule has 2 fully saturated rings. The lowest BCUT2D eigenvalue weighted by Crippen LogP contribution is -2.29. The standard InChI is InChI=1S/C18H21N5O/c1-12-10-23(17-4-2-3-9-19-17)11-14(12)18(24)20-16-8-7-15(21-22-16)13-5-6-13/h2-4,7-9,12-14H,5-6,10-11H2,1H3,(H,20,22,24)/t12-,14-/m1/s1. The van der Waals surface area contributed by atoms with Gasteiger partial charge in [0.25, 0.3) is 0 Å². The van der Waals surface area contributed by atoms with E-state index in [1.165, 1.54) is 12.8 Å². The van der Waals surface area contributed by atoms with E-state index < -0.39 is 0 Å². The Hall–Kier alpha value is -2.50. The van der Waals surface area contributed by atoms with Gasteiger partial charge < -0.3 is 10.2 Å². The number of carbonyl (C=O) groups excluding carboxylic acids is 1. The molecule has 6 heteroatoms. The zero-order valence-corrected chi connectivity index (χ0v) is 13.7. The van der Waals surface area contributed by atoms with Gasteiger partial charge in [0.15, 0.2) is 5.82 Å². The molecule has 2 aliphatic rings. The van der Waals surface area contributed by atoms with Crippen molar-refractivity contribution in [1.82, 2.24) is 15.2 Å². The molecule has 1 aliphatic carbocycles. The summed E-state index contributed by atoms with van der Waals surface area (Å²) >= 11 is 0. The van der Waals surface area contributed by atoms with Crippen LogP contribution in [-0.4, -0.2) is 34.2 Å². The molecule has 0 aromatic carbocycles. The monoisotopic (exact) mass is 323 g/mol. The molecule has 0 bridgehead atoms. The molecule has 124 valence electrons. The van der Waals surface area contributed by atoms with E-state index in [0.717, 1.165) is 18.1 Å². The highest BCUT2D eigenvalue weighted by Gasteiger charge is 2.35. The Balaban J connectivity index is 1.40. The van der Waals surface area contributed by atoms with Gasteiger partial charge in [0.05, 0.1) is 11.6 Å². The van der Waals surface area contributed by atoms with Crippen molar-refractivity contribution in [2.75, 3.05) is 23.3 Å². The minimum Gasteiger partial charge on any atom is -0.356 e. The third-order valence-corrected chi connectivity index (χ3v) is 4.85. The van der Waals surface area contributed by atoms with Crippen molar-refractivity contribution < 1.29 is 4.79 Å². The van der Waals surface area contributed by atoms with Gasteiger partial charge in [-0.2, -0.15) is 5.10 Å². The van der Waals surface area contributed by atoms with Crippen LogP contribution in [0.15, 0.2) is 36.5 Å². The van der Waals surface area contributed by atoms with Crippen LogP contribution in [0.4, 0.5) is 11.6 Å². The second-order valence-corrected chi connectivity index (χ2v) is 6.78. The van der Waals surface area contributed by atoms with Crippen molar-refractivity contribution >= 4 is 17.5 Å². The van der Waals surface area contributed by atoms with Crippen molar-refractivity contribution in [3.63, 3.8) is 0 Å². The van der Waals surface area contributed by atoms with Crippen LogP contribution < -0.4 is 10.2 Å². The largest absolute Gasteiger partial charge is 0.356 e. The van der Waals surface area contributed by atoms with Crippen LogP contribution >= 0.6 is 0 Å². The fourth-order valence-electron chi connectivity index (χ4n) is 3.26. The fraction of sp³-hybridized carbons (Fsp3) is 0.444. The molecule has 4 rings (SSSR count). The first-order chi connectivity index (χ1) is 11.7. The minimum absolute atomic E-state index is 0.00871. The summed E-state index contributed by atoms with van der Waals surface area (Å²) < 4.78 is 0. The van der Waals surface area contributed by atoms with Crippen LogP contribution in [0.2, 0.25) is 0 Å². The van der Waals surface area contributed by atoms with Gasteiger partial charge >= 0.3 is 0 Å². The van der Waals surface area contributed by atoms with Gasteiger partial charge in [-0.25, -0.2) is 4.98 Å². The van der Waals surface area contributed by atoms with Crippen LogP contribution in [0.25, 0.3) is 0 Å². The number of aromatic nitrogens is 3. The molecule has 2 atom stereocenters. The van der Waals surface area contributed by atoms with E-state index in [9.17, 15) is 4.79 Å². The molecule has 0 spiro atoms. The lowest BCUT2D eigenvalue weighted by atomic mass is 9.97. The molecule has 0 unspecified atom stereocenters. The third kappa shape index (κ3) is 3.09. The Bertz CT molecular complexity index is 714. The molecule has 2 aromatic rings. The molecule has 1 saturated heterocycles. The quantitative estimate of drug-likeness (QED) is 0.936. The van der Waals surface area contributed by atoms with Crippen molar-refractivity contribution in [3.05, 3.63) is 42.2 Å². The Morgan fingerprint density at radius 1 is 1.17 bits per heavy atom. The van der Waals surface area contributed by atoms with E-state index in [1.807, 2.05) is 30.3 Å². The van der Waals surface area contributed by atoms with Crippen LogP contribution in [0, 0.1) is 11.8 Å². The normalized spacial score (nSPS) is 23.3. The molecule has 2 aromatic heterocycles. The molecule has 1 saturated carbocycles. The summed E-state index contributed by atoms with van der Waals surface area (Å²) in [6.45, 7) is 3.62. The molecule has 1 aliphatic heterocycles. The van der Waals surface area contributed by atoms with Crippen LogP contribution in [0.1, 0.15) is 31.4 Å². The highest BCUT2D eigenvalue weighted by Crippen LogP contribution is 2.38. The molecule has 0 radical (unpaired) electrons. The summed E-state index contributed by atoms with van der Waals surface area (Å²) in [6.07, 6.45) is 4.18. The zero-order chi connectivity index (χ0) is 16.5. The minimum atomic E-state index is -0.0723. The first-order valence-corrected chi connectivity index (χ1v) is 8.51. The summed E-state index contributed by atoms with van der Waals surface area (Å²) in [5, 5.41) is 11.3. The summed E-state index contributed by atoms with van der Waals surface area (Å²) in [5.74, 6) is 2.24. The molecule has 1 amide bonds. The first kappa shape index (κ1) is 15.1. The second kappa shape index (κ2) is 6.19. The number of nitrogens with one attached hydrogen (secondary N) is 1. The van der Waals surface area contributed by atoms with Gasteiger partial charge in [0, 0.05) is 25.2 Å². The van der Waals surface area contributed by atoms with E-state index in [-0.39, 0.29) is 17.7 Å². The predicted octanol–water partition coefficient (Wildman–Crippen LogP) is 2.46. The van der Waals surface area contributed by atoms with E-state index in [4.69, 9.17) is 0 Å². The van der Waals surface area contributed by atoms with Crippen LogP contribution in [0.3, 0.4) is 0 Å². The number of hydrogen-bond donors (Lipinski definition) is 1. The van der Waals surface area contributed by atoms with Gasteiger partial charge in [-0.15, -0.1) is 5.10 Å². The lowest BCUT2D eigenvalue weighted by molar-refractivity contribution is -0.120. The molecular formula is C18H21N5O. The number of anilines is 2. The van der Waals surface area contributed by atoms with Crippen molar-refractivity contribution in [3.8, 4) is 0 Å². The molecular weight excluding hydrogens is 302 g/mol. The Kier molecular flexibility index (Phi) is 3.88. The average Bonchev–Trinajstić information content (AvgIpc) is 3.38. The summed E-state index contributed by atoms with van der Waals surface area (Å²) in [7, 11) is 0. The Morgan fingerprint density at radius 3 is 2.71 bits per heavy atom. The van der Waals surface area contributed by atoms with Gasteiger partial charge in [-0.05, 0) is 43.0 Å². The highest BCUT2D eigenvalue weighted by atomic mass is 16.2. The van der Waals surface area contributed by atoms with E-state index in [2.05, 4.69) is 32.3 Å². The maximum Gasteiger partial charge on any atom is 0.230 e. The van der Waals surface area contributed by atoms with Gasteiger partial charge in [-0.1, -0.05) is 13.0 Å². The number of hydrogen-bond acceptors (Lipinski definition) is 5. The predicted molar refractivity (Wildman–Crippen MR) is 91.7 cm³/mol. The molecule has 24 heavy (non-hydrogen) atoms. The number of carbonyl (C=O) groups is 1. The summed E-state index contributed by atoms with van der Waals surface area (Å²) in [4.78, 5) is 19.1. The van der Waals surface area contributed by atoms with E-state index in [1.54, 1.807) is 6.20 Å². The molecule has 3 heterocycles. The van der Waals surface area contributed by atoms with Gasteiger partial charge in [0.1, 0.15) is 5.82 Å². The average molecular weight is 323 g/mol. The number of pyridine rings is 1. The summed E-state index contributed by atoms with van der Waals surface area (Å²) in [5.41, 5.74) is 1.03. The maximum atomic E-state index is 12.6. The second-order valence-electron chi connectivity index (χ2n) is 6.78. The highest BCUT2D eigenvalue weighted by molar-refractivity contribution is 5.92.